The normalized spacial score (nSPS) is 29.3. The number of aliphatic hydroxyl groups excluding tert-OH is 1. The van der Waals surface area contributed by atoms with Crippen molar-refractivity contribution < 1.29 is 29.3 Å². The predicted molar refractivity (Wildman–Crippen MR) is 49.3 cm³/mol. The standard InChI is InChI=1S/C10H8O6/c11-5-1-2-6(12)8-4(5)3-7(9(13)14)16-10(8)15/h1-2,7,10,15H,3H2,(H,13,14). The van der Waals surface area contributed by atoms with Crippen LogP contribution in [0.25, 0.3) is 0 Å². The highest BCUT2D eigenvalue weighted by Gasteiger charge is 2.38. The highest BCUT2D eigenvalue weighted by molar-refractivity contribution is 6.20. The largest absolute Gasteiger partial charge is 0.479 e. The van der Waals surface area contributed by atoms with Crippen molar-refractivity contribution in [2.24, 2.45) is 0 Å². The molecule has 1 heterocycles. The molecular formula is C10H8O6. The van der Waals surface area contributed by atoms with Crippen molar-refractivity contribution in [2.75, 3.05) is 0 Å². The van der Waals surface area contributed by atoms with Crippen molar-refractivity contribution in [3.05, 3.63) is 23.3 Å². The fraction of sp³-hybridized carbons (Fsp3) is 0.300. The molecule has 0 saturated carbocycles. The minimum atomic E-state index is -1.65. The Morgan fingerprint density at radius 1 is 1.31 bits per heavy atom. The van der Waals surface area contributed by atoms with Crippen LogP contribution in [-0.4, -0.2) is 40.1 Å². The van der Waals surface area contributed by atoms with Crippen LogP contribution in [0.3, 0.4) is 0 Å². The smallest absolute Gasteiger partial charge is 0.333 e. The Labute approximate surface area is 89.8 Å². The molecule has 2 atom stereocenters. The number of aliphatic carboxylic acids is 1. The van der Waals surface area contributed by atoms with E-state index >= 15 is 0 Å². The van der Waals surface area contributed by atoms with Crippen molar-refractivity contribution >= 4 is 17.5 Å². The van der Waals surface area contributed by atoms with Crippen LogP contribution in [0.2, 0.25) is 0 Å². The van der Waals surface area contributed by atoms with Gasteiger partial charge < -0.3 is 14.9 Å². The van der Waals surface area contributed by atoms with Crippen molar-refractivity contribution in [1.82, 2.24) is 0 Å². The van der Waals surface area contributed by atoms with Crippen molar-refractivity contribution in [1.29, 1.82) is 0 Å². The van der Waals surface area contributed by atoms with Gasteiger partial charge in [0.15, 0.2) is 24.0 Å². The molecule has 0 fully saturated rings. The Kier molecular flexibility index (Phi) is 2.45. The summed E-state index contributed by atoms with van der Waals surface area (Å²) in [6.07, 6.45) is -1.04. The zero-order valence-electron chi connectivity index (χ0n) is 8.04. The third-order valence-corrected chi connectivity index (χ3v) is 2.48. The van der Waals surface area contributed by atoms with Crippen LogP contribution >= 0.6 is 0 Å². The topological polar surface area (TPSA) is 101 Å². The summed E-state index contributed by atoms with van der Waals surface area (Å²) < 4.78 is 4.73. The van der Waals surface area contributed by atoms with E-state index in [1.54, 1.807) is 0 Å². The number of allylic oxidation sites excluding steroid dienone is 2. The van der Waals surface area contributed by atoms with Crippen LogP contribution in [0, 0.1) is 0 Å². The molecule has 0 aromatic rings. The fourth-order valence-corrected chi connectivity index (χ4v) is 1.71. The van der Waals surface area contributed by atoms with Crippen LogP contribution in [0.4, 0.5) is 0 Å². The Hall–Kier alpha value is -1.79. The highest BCUT2D eigenvalue weighted by atomic mass is 16.6. The molecule has 1 aliphatic heterocycles. The maximum Gasteiger partial charge on any atom is 0.333 e. The molecule has 0 saturated heterocycles. The third kappa shape index (κ3) is 1.58. The number of carbonyl (C=O) groups excluding carboxylic acids is 2. The minimum Gasteiger partial charge on any atom is -0.479 e. The van der Waals surface area contributed by atoms with Crippen molar-refractivity contribution in [2.45, 2.75) is 18.8 Å². The molecule has 2 rings (SSSR count). The minimum absolute atomic E-state index is 0.0265. The van der Waals surface area contributed by atoms with Gasteiger partial charge in [-0.3, -0.25) is 9.59 Å². The van der Waals surface area contributed by atoms with Crippen LogP contribution < -0.4 is 0 Å². The van der Waals surface area contributed by atoms with E-state index in [0.717, 1.165) is 12.2 Å². The lowest BCUT2D eigenvalue weighted by molar-refractivity contribution is -0.172. The summed E-state index contributed by atoms with van der Waals surface area (Å²) in [5.74, 6) is -2.26. The van der Waals surface area contributed by atoms with Gasteiger partial charge in [0.25, 0.3) is 0 Å². The summed E-state index contributed by atoms with van der Waals surface area (Å²) >= 11 is 0. The Bertz CT molecular complexity index is 444. The first-order valence-electron chi connectivity index (χ1n) is 4.57. The molecule has 6 heteroatoms. The predicted octanol–water partition coefficient (Wildman–Crippen LogP) is -0.817. The van der Waals surface area contributed by atoms with Gasteiger partial charge in [-0.05, 0) is 12.2 Å². The third-order valence-electron chi connectivity index (χ3n) is 2.48. The first-order chi connectivity index (χ1) is 7.50. The number of rotatable bonds is 1. The maximum absolute atomic E-state index is 11.4. The van der Waals surface area contributed by atoms with Crippen LogP contribution in [0.5, 0.6) is 0 Å². The lowest BCUT2D eigenvalue weighted by atomic mass is 9.88. The average Bonchev–Trinajstić information content (AvgIpc) is 2.22. The van der Waals surface area contributed by atoms with Crippen molar-refractivity contribution in [3.63, 3.8) is 0 Å². The monoisotopic (exact) mass is 224 g/mol. The summed E-state index contributed by atoms with van der Waals surface area (Å²) in [6, 6.07) is 0. The Morgan fingerprint density at radius 2 is 1.94 bits per heavy atom. The van der Waals surface area contributed by atoms with Gasteiger partial charge in [0, 0.05) is 12.0 Å². The summed E-state index contributed by atoms with van der Waals surface area (Å²) in [7, 11) is 0. The number of ether oxygens (including phenoxy) is 1. The zero-order chi connectivity index (χ0) is 11.9. The number of hydrogen-bond acceptors (Lipinski definition) is 5. The summed E-state index contributed by atoms with van der Waals surface area (Å²) in [4.78, 5) is 33.5. The van der Waals surface area contributed by atoms with Gasteiger partial charge in [-0.1, -0.05) is 0 Å². The molecule has 0 aromatic carbocycles. The number of carbonyl (C=O) groups is 3. The number of ketones is 2. The number of hydrogen-bond donors (Lipinski definition) is 2. The van der Waals surface area contributed by atoms with Gasteiger partial charge >= 0.3 is 5.97 Å². The van der Waals surface area contributed by atoms with E-state index in [-0.39, 0.29) is 17.6 Å². The molecule has 0 bridgehead atoms. The Balaban J connectivity index is 2.41. The summed E-state index contributed by atoms with van der Waals surface area (Å²) in [5.41, 5.74) is -0.122. The molecule has 1 aliphatic carbocycles. The number of carboxylic acids is 1. The van der Waals surface area contributed by atoms with Gasteiger partial charge in [0.2, 0.25) is 0 Å². The first-order valence-corrected chi connectivity index (χ1v) is 4.57. The van der Waals surface area contributed by atoms with E-state index in [0.29, 0.717) is 0 Å². The van der Waals surface area contributed by atoms with Gasteiger partial charge in [-0.25, -0.2) is 4.79 Å². The van der Waals surface area contributed by atoms with Crippen LogP contribution in [0.15, 0.2) is 23.3 Å². The maximum atomic E-state index is 11.4. The van der Waals surface area contributed by atoms with Gasteiger partial charge in [-0.15, -0.1) is 0 Å². The molecule has 84 valence electrons. The van der Waals surface area contributed by atoms with Gasteiger partial charge in [0.1, 0.15) is 0 Å². The van der Waals surface area contributed by atoms with Crippen molar-refractivity contribution in [3.8, 4) is 0 Å². The molecule has 2 unspecified atom stereocenters. The Morgan fingerprint density at radius 3 is 2.56 bits per heavy atom. The lowest BCUT2D eigenvalue weighted by Gasteiger charge is -2.28. The molecule has 2 aliphatic rings. The van der Waals surface area contributed by atoms with E-state index in [1.807, 2.05) is 0 Å². The molecule has 0 aromatic heterocycles. The van der Waals surface area contributed by atoms with Crippen LogP contribution in [-0.2, 0) is 19.1 Å². The summed E-state index contributed by atoms with van der Waals surface area (Å²) in [5, 5.41) is 18.2. The van der Waals surface area contributed by atoms with Gasteiger partial charge in [-0.2, -0.15) is 0 Å². The molecular weight excluding hydrogens is 216 g/mol. The second kappa shape index (κ2) is 3.66. The second-order valence-corrected chi connectivity index (χ2v) is 3.47. The first kappa shape index (κ1) is 10.7. The molecule has 0 spiro atoms. The summed E-state index contributed by atoms with van der Waals surface area (Å²) in [6.45, 7) is 0. The molecule has 0 radical (unpaired) electrons. The number of aliphatic hydroxyl groups is 1. The van der Waals surface area contributed by atoms with Crippen LogP contribution in [0.1, 0.15) is 6.42 Å². The fourth-order valence-electron chi connectivity index (χ4n) is 1.71. The number of carboxylic acid groups (broad SMARTS) is 1. The van der Waals surface area contributed by atoms with E-state index in [2.05, 4.69) is 0 Å². The van der Waals surface area contributed by atoms with Gasteiger partial charge in [0.05, 0.1) is 5.57 Å². The quantitative estimate of drug-likeness (QED) is 0.564. The molecule has 2 N–H and O–H groups in total. The van der Waals surface area contributed by atoms with E-state index in [4.69, 9.17) is 9.84 Å². The molecule has 0 amide bonds. The lowest BCUT2D eigenvalue weighted by Crippen LogP contribution is -2.39. The average molecular weight is 224 g/mol. The zero-order valence-corrected chi connectivity index (χ0v) is 8.04. The molecule has 16 heavy (non-hydrogen) atoms. The van der Waals surface area contributed by atoms with E-state index in [1.165, 1.54) is 0 Å². The highest BCUT2D eigenvalue weighted by Crippen LogP contribution is 2.29. The SMILES string of the molecule is O=C1C=CC(=O)C2=C1CC(C(=O)O)OC2O. The second-order valence-electron chi connectivity index (χ2n) is 3.47. The van der Waals surface area contributed by atoms with E-state index in [9.17, 15) is 19.5 Å². The molecule has 6 nitrogen and oxygen atoms in total. The van der Waals surface area contributed by atoms with E-state index < -0.39 is 29.9 Å².